The molecule has 0 saturated carbocycles. The molecule has 9 heteroatoms. The highest BCUT2D eigenvalue weighted by Gasteiger charge is 2.26. The summed E-state index contributed by atoms with van der Waals surface area (Å²) in [5.41, 5.74) is 0.881. The van der Waals surface area contributed by atoms with Crippen LogP contribution in [0.4, 0.5) is 5.95 Å². The van der Waals surface area contributed by atoms with Gasteiger partial charge in [-0.05, 0) is 43.4 Å². The third-order valence-corrected chi connectivity index (χ3v) is 6.09. The highest BCUT2D eigenvalue weighted by molar-refractivity contribution is 5.74. The summed E-state index contributed by atoms with van der Waals surface area (Å²) in [7, 11) is 3.07. The van der Waals surface area contributed by atoms with Crippen molar-refractivity contribution in [2.24, 2.45) is 20.0 Å². The minimum atomic E-state index is -0.865. The molecule has 4 rings (SSSR count). The number of nitrogens with zero attached hydrogens (tertiary/aromatic N) is 5. The number of imidazole rings is 1. The molecule has 32 heavy (non-hydrogen) atoms. The second-order valence-electron chi connectivity index (χ2n) is 8.88. The van der Waals surface area contributed by atoms with Gasteiger partial charge in [0.05, 0.1) is 6.54 Å². The largest absolute Gasteiger partial charge is 0.491 e. The monoisotopic (exact) mass is 441 g/mol. The van der Waals surface area contributed by atoms with E-state index in [0.717, 1.165) is 36.1 Å². The van der Waals surface area contributed by atoms with E-state index >= 15 is 0 Å². The average molecular weight is 442 g/mol. The third-order valence-electron chi connectivity index (χ3n) is 6.09. The first-order valence-electron chi connectivity index (χ1n) is 11.0. The minimum absolute atomic E-state index is 0.0745. The minimum Gasteiger partial charge on any atom is -0.491 e. The van der Waals surface area contributed by atoms with Crippen LogP contribution in [0.1, 0.15) is 25.3 Å². The highest BCUT2D eigenvalue weighted by Crippen LogP contribution is 2.25. The molecule has 1 N–H and O–H groups in total. The molecule has 3 heterocycles. The van der Waals surface area contributed by atoms with Gasteiger partial charge in [-0.2, -0.15) is 4.98 Å². The van der Waals surface area contributed by atoms with Crippen LogP contribution in [-0.4, -0.2) is 49.6 Å². The van der Waals surface area contributed by atoms with Crippen molar-refractivity contribution in [2.45, 2.75) is 39.3 Å². The molecule has 0 radical (unpaired) electrons. The standard InChI is InChI=1S/C23H31N5O4/c1-15-7-5-9-18(11-15)32-14-17(29)13-28-19-20(25(3)23(31)26(4)21(19)30)24-22(28)27-10-6-8-16(2)12-27/h5,7,9,11,16-17,29H,6,8,10,12-14H2,1-4H3/t16-,17+/m0/s1. The first-order valence-corrected chi connectivity index (χ1v) is 11.0. The molecule has 2 atom stereocenters. The number of ether oxygens (including phenoxy) is 1. The number of hydrogen-bond acceptors (Lipinski definition) is 6. The Labute approximate surface area is 186 Å². The van der Waals surface area contributed by atoms with E-state index in [9.17, 15) is 14.7 Å². The van der Waals surface area contributed by atoms with Crippen LogP contribution in [0.5, 0.6) is 5.75 Å². The molecule has 1 aromatic carbocycles. The van der Waals surface area contributed by atoms with Crippen molar-refractivity contribution in [1.82, 2.24) is 18.7 Å². The number of aromatic nitrogens is 4. The summed E-state index contributed by atoms with van der Waals surface area (Å²) in [5, 5.41) is 10.8. The average Bonchev–Trinajstić information content (AvgIpc) is 3.14. The van der Waals surface area contributed by atoms with Crippen LogP contribution in [0.25, 0.3) is 11.2 Å². The zero-order valence-corrected chi connectivity index (χ0v) is 19.1. The summed E-state index contributed by atoms with van der Waals surface area (Å²) in [6.07, 6.45) is 1.31. The predicted molar refractivity (Wildman–Crippen MR) is 124 cm³/mol. The Bertz CT molecular complexity index is 1240. The molecule has 9 nitrogen and oxygen atoms in total. The Balaban J connectivity index is 1.71. The van der Waals surface area contributed by atoms with Crippen molar-refractivity contribution in [1.29, 1.82) is 0 Å². The van der Waals surface area contributed by atoms with Crippen LogP contribution >= 0.6 is 0 Å². The lowest BCUT2D eigenvalue weighted by molar-refractivity contribution is 0.0935. The Morgan fingerprint density at radius 1 is 1.25 bits per heavy atom. The van der Waals surface area contributed by atoms with Gasteiger partial charge in [-0.1, -0.05) is 19.1 Å². The predicted octanol–water partition coefficient (Wildman–Crippen LogP) is 1.42. The quantitative estimate of drug-likeness (QED) is 0.622. The van der Waals surface area contributed by atoms with Crippen molar-refractivity contribution in [2.75, 3.05) is 24.6 Å². The maximum absolute atomic E-state index is 13.0. The first-order chi connectivity index (χ1) is 15.3. The number of aliphatic hydroxyl groups excluding tert-OH is 1. The summed E-state index contributed by atoms with van der Waals surface area (Å²) in [4.78, 5) is 32.3. The molecule has 0 aliphatic carbocycles. The van der Waals surface area contributed by atoms with E-state index in [4.69, 9.17) is 9.72 Å². The number of anilines is 1. The maximum Gasteiger partial charge on any atom is 0.332 e. The second kappa shape index (κ2) is 8.82. The number of aliphatic hydroxyl groups is 1. The van der Waals surface area contributed by atoms with Crippen LogP contribution in [0.2, 0.25) is 0 Å². The van der Waals surface area contributed by atoms with Crippen LogP contribution in [-0.2, 0) is 20.6 Å². The van der Waals surface area contributed by atoms with Crippen LogP contribution in [0, 0.1) is 12.8 Å². The fraction of sp³-hybridized carbons (Fsp3) is 0.522. The summed E-state index contributed by atoms with van der Waals surface area (Å²) in [6, 6.07) is 7.64. The number of rotatable bonds is 6. The molecule has 1 fully saturated rings. The molecule has 172 valence electrons. The van der Waals surface area contributed by atoms with Gasteiger partial charge in [-0.25, -0.2) is 4.79 Å². The fourth-order valence-corrected chi connectivity index (χ4v) is 4.38. The Kier molecular flexibility index (Phi) is 6.10. The van der Waals surface area contributed by atoms with Gasteiger partial charge >= 0.3 is 5.69 Å². The first kappa shape index (κ1) is 22.1. The van der Waals surface area contributed by atoms with Crippen molar-refractivity contribution in [3.05, 3.63) is 50.7 Å². The zero-order valence-electron chi connectivity index (χ0n) is 19.1. The van der Waals surface area contributed by atoms with Crippen molar-refractivity contribution >= 4 is 17.1 Å². The van der Waals surface area contributed by atoms with Crippen LogP contribution in [0.15, 0.2) is 33.9 Å². The van der Waals surface area contributed by atoms with Gasteiger partial charge in [0.15, 0.2) is 11.2 Å². The molecule has 1 aliphatic rings. The summed E-state index contributed by atoms with van der Waals surface area (Å²) < 4.78 is 9.99. The number of fused-ring (bicyclic) bond motifs is 1. The molecule has 0 spiro atoms. The maximum atomic E-state index is 13.0. The van der Waals surface area contributed by atoms with Gasteiger partial charge in [0.25, 0.3) is 5.56 Å². The number of benzene rings is 1. The number of aryl methyl sites for hydroxylation is 2. The summed E-state index contributed by atoms with van der Waals surface area (Å²) in [5.74, 6) is 1.79. The lowest BCUT2D eigenvalue weighted by Gasteiger charge is -2.32. The van der Waals surface area contributed by atoms with Gasteiger partial charge in [0.2, 0.25) is 5.95 Å². The van der Waals surface area contributed by atoms with Gasteiger partial charge in [-0.3, -0.25) is 13.9 Å². The molecular weight excluding hydrogens is 410 g/mol. The van der Waals surface area contributed by atoms with Crippen LogP contribution in [0.3, 0.4) is 0 Å². The van der Waals surface area contributed by atoms with Gasteiger partial charge in [0.1, 0.15) is 18.5 Å². The Morgan fingerprint density at radius 3 is 2.75 bits per heavy atom. The molecule has 1 saturated heterocycles. The number of hydrogen-bond donors (Lipinski definition) is 1. The molecule has 0 bridgehead atoms. The number of piperidine rings is 1. The molecular formula is C23H31N5O4. The molecule has 0 amide bonds. The van der Waals surface area contributed by atoms with Crippen molar-refractivity contribution < 1.29 is 9.84 Å². The molecule has 2 aromatic heterocycles. The fourth-order valence-electron chi connectivity index (χ4n) is 4.38. The highest BCUT2D eigenvalue weighted by atomic mass is 16.5. The summed E-state index contributed by atoms with van der Waals surface area (Å²) >= 11 is 0. The Morgan fingerprint density at radius 2 is 2.03 bits per heavy atom. The Hall–Kier alpha value is -3.07. The molecule has 0 unspecified atom stereocenters. The van der Waals surface area contributed by atoms with E-state index in [2.05, 4.69) is 11.8 Å². The zero-order chi connectivity index (χ0) is 23.0. The summed E-state index contributed by atoms with van der Waals surface area (Å²) in [6.45, 7) is 6.01. The van der Waals surface area contributed by atoms with Crippen molar-refractivity contribution in [3.8, 4) is 5.75 Å². The van der Waals surface area contributed by atoms with E-state index in [0.29, 0.717) is 28.8 Å². The van der Waals surface area contributed by atoms with E-state index in [1.807, 2.05) is 31.2 Å². The van der Waals surface area contributed by atoms with E-state index in [1.165, 1.54) is 11.6 Å². The lowest BCUT2D eigenvalue weighted by atomic mass is 10.0. The molecule has 1 aliphatic heterocycles. The SMILES string of the molecule is Cc1cccc(OC[C@H](O)Cn2c(N3CCC[C@H](C)C3)nc3c2c(=O)n(C)c(=O)n3C)c1. The third kappa shape index (κ3) is 4.17. The van der Waals surface area contributed by atoms with E-state index in [1.54, 1.807) is 11.6 Å². The second-order valence-corrected chi connectivity index (χ2v) is 8.88. The van der Waals surface area contributed by atoms with Gasteiger partial charge in [0, 0.05) is 27.2 Å². The van der Waals surface area contributed by atoms with Gasteiger partial charge in [-0.15, -0.1) is 0 Å². The normalized spacial score (nSPS) is 17.7. The topological polar surface area (TPSA) is 94.5 Å². The van der Waals surface area contributed by atoms with Crippen LogP contribution < -0.4 is 20.9 Å². The smallest absolute Gasteiger partial charge is 0.332 e. The molecule has 3 aromatic rings. The van der Waals surface area contributed by atoms with Gasteiger partial charge < -0.3 is 19.3 Å². The lowest BCUT2D eigenvalue weighted by Crippen LogP contribution is -2.39. The van der Waals surface area contributed by atoms with E-state index in [-0.39, 0.29) is 13.2 Å². The van der Waals surface area contributed by atoms with Crippen molar-refractivity contribution in [3.63, 3.8) is 0 Å². The van der Waals surface area contributed by atoms with E-state index < -0.39 is 17.4 Å².